The zero-order valence-corrected chi connectivity index (χ0v) is 18.0. The number of hydrogen-bond acceptors (Lipinski definition) is 4. The molecule has 1 saturated carbocycles. The lowest BCUT2D eigenvalue weighted by Crippen LogP contribution is -2.44. The van der Waals surface area contributed by atoms with Gasteiger partial charge in [-0.05, 0) is 31.2 Å². The Morgan fingerprint density at radius 3 is 2.76 bits per heavy atom. The molecule has 1 fully saturated rings. The number of aliphatic imine (C=N–C) groups is 1. The smallest absolute Gasteiger partial charge is 0.192 e. The molecule has 25 heavy (non-hydrogen) atoms. The Morgan fingerprint density at radius 1 is 1.32 bits per heavy atom. The average Bonchev–Trinajstić information content (AvgIpc) is 3.23. The number of rotatable bonds is 5. The molecule has 0 aromatic carbocycles. The lowest BCUT2D eigenvalue weighted by Gasteiger charge is -2.25. The van der Waals surface area contributed by atoms with Gasteiger partial charge in [0.25, 0.3) is 0 Å². The summed E-state index contributed by atoms with van der Waals surface area (Å²) in [4.78, 5) is 6.05. The number of thiophene rings is 1. The number of nitrogens with one attached hydrogen (secondary N) is 2. The van der Waals surface area contributed by atoms with Gasteiger partial charge in [-0.3, -0.25) is 0 Å². The second-order valence-electron chi connectivity index (χ2n) is 6.30. The third-order valence-electron chi connectivity index (χ3n) is 4.52. The predicted octanol–water partition coefficient (Wildman–Crippen LogP) is 3.37. The molecule has 8 heteroatoms. The van der Waals surface area contributed by atoms with Crippen molar-refractivity contribution in [3.05, 3.63) is 34.0 Å². The molecule has 0 bridgehead atoms. The highest BCUT2D eigenvalue weighted by Crippen LogP contribution is 2.17. The second-order valence-corrected chi connectivity index (χ2v) is 7.33. The topological polar surface area (TPSA) is 67.1 Å². The van der Waals surface area contributed by atoms with Gasteiger partial charge >= 0.3 is 0 Å². The van der Waals surface area contributed by atoms with Crippen molar-refractivity contribution >= 4 is 41.3 Å². The van der Waals surface area contributed by atoms with Gasteiger partial charge < -0.3 is 15.2 Å². The lowest BCUT2D eigenvalue weighted by atomic mass is 9.96. The Balaban J connectivity index is 0.00000225. The fourth-order valence-corrected chi connectivity index (χ4v) is 3.56. The molecule has 2 N–H and O–H groups in total. The van der Waals surface area contributed by atoms with E-state index in [1.807, 2.05) is 18.5 Å². The molecule has 6 nitrogen and oxygen atoms in total. The monoisotopic (exact) mass is 474 g/mol. The van der Waals surface area contributed by atoms with Crippen molar-refractivity contribution in [2.24, 2.45) is 12.0 Å². The van der Waals surface area contributed by atoms with Gasteiger partial charge in [-0.2, -0.15) is 0 Å². The first-order chi connectivity index (χ1) is 11.7. The largest absolute Gasteiger partial charge is 0.354 e. The number of guanidine groups is 1. The van der Waals surface area contributed by atoms with Crippen LogP contribution in [0.15, 0.2) is 22.5 Å². The van der Waals surface area contributed by atoms with E-state index < -0.39 is 0 Å². The van der Waals surface area contributed by atoms with Gasteiger partial charge in [0.05, 0.1) is 6.54 Å². The third-order valence-corrected chi connectivity index (χ3v) is 5.39. The number of halogens is 1. The van der Waals surface area contributed by atoms with E-state index in [4.69, 9.17) is 4.99 Å². The van der Waals surface area contributed by atoms with Crippen LogP contribution >= 0.6 is 35.3 Å². The minimum absolute atomic E-state index is 0. The standard InChI is InChI=1S/C17H26N6S.HI/c1-13-21-22-16(23(13)2)12-19-17(18-11-15-9-6-10-24-15)20-14-7-4-3-5-8-14;/h6,9-10,14H,3-5,7-8,11-12H2,1-2H3,(H2,18,19,20);1H. The highest BCUT2D eigenvalue weighted by atomic mass is 127. The van der Waals surface area contributed by atoms with Crippen LogP contribution in [0.5, 0.6) is 0 Å². The minimum Gasteiger partial charge on any atom is -0.354 e. The maximum absolute atomic E-state index is 4.74. The Morgan fingerprint density at radius 2 is 2.12 bits per heavy atom. The molecule has 2 aromatic rings. The van der Waals surface area contributed by atoms with Crippen LogP contribution in [0.1, 0.15) is 48.6 Å². The molecule has 1 aliphatic carbocycles. The molecule has 0 aliphatic heterocycles. The fourth-order valence-electron chi connectivity index (χ4n) is 2.92. The highest BCUT2D eigenvalue weighted by Gasteiger charge is 2.15. The first-order valence-electron chi connectivity index (χ1n) is 8.64. The molecule has 0 unspecified atom stereocenters. The molecule has 0 saturated heterocycles. The molecule has 2 heterocycles. The van der Waals surface area contributed by atoms with E-state index in [-0.39, 0.29) is 24.0 Å². The lowest BCUT2D eigenvalue weighted by molar-refractivity contribution is 0.409. The first-order valence-corrected chi connectivity index (χ1v) is 9.52. The Labute approximate surface area is 170 Å². The Hall–Kier alpha value is -1.16. The molecule has 0 atom stereocenters. The van der Waals surface area contributed by atoms with Crippen LogP contribution in [0.2, 0.25) is 0 Å². The van der Waals surface area contributed by atoms with E-state index in [1.54, 1.807) is 11.3 Å². The van der Waals surface area contributed by atoms with Crippen molar-refractivity contribution in [2.75, 3.05) is 0 Å². The van der Waals surface area contributed by atoms with E-state index in [9.17, 15) is 0 Å². The van der Waals surface area contributed by atoms with Crippen LogP contribution in [0, 0.1) is 6.92 Å². The van der Waals surface area contributed by atoms with Gasteiger partial charge in [0.1, 0.15) is 12.4 Å². The van der Waals surface area contributed by atoms with Crippen LogP contribution in [0.25, 0.3) is 0 Å². The summed E-state index contributed by atoms with van der Waals surface area (Å²) in [5, 5.41) is 17.5. The average molecular weight is 474 g/mol. The van der Waals surface area contributed by atoms with Crippen molar-refractivity contribution in [1.29, 1.82) is 0 Å². The molecular formula is C17H27IN6S. The van der Waals surface area contributed by atoms with Crippen molar-refractivity contribution in [3.63, 3.8) is 0 Å². The normalized spacial score (nSPS) is 15.7. The summed E-state index contributed by atoms with van der Waals surface area (Å²) >= 11 is 1.76. The van der Waals surface area contributed by atoms with Crippen LogP contribution in [0.4, 0.5) is 0 Å². The quantitative estimate of drug-likeness (QED) is 0.396. The van der Waals surface area contributed by atoms with Gasteiger partial charge in [0, 0.05) is 18.0 Å². The maximum Gasteiger partial charge on any atom is 0.192 e. The van der Waals surface area contributed by atoms with Gasteiger partial charge in [-0.1, -0.05) is 25.3 Å². The Bertz CT molecular complexity index is 661. The van der Waals surface area contributed by atoms with Crippen LogP contribution in [-0.2, 0) is 20.1 Å². The van der Waals surface area contributed by atoms with Crippen LogP contribution in [-0.4, -0.2) is 26.8 Å². The summed E-state index contributed by atoms with van der Waals surface area (Å²) in [5.41, 5.74) is 0. The molecule has 2 aromatic heterocycles. The van der Waals surface area contributed by atoms with Gasteiger partial charge in [-0.25, -0.2) is 4.99 Å². The van der Waals surface area contributed by atoms with Crippen LogP contribution < -0.4 is 10.6 Å². The molecule has 0 spiro atoms. The van der Waals surface area contributed by atoms with Gasteiger partial charge in [0.2, 0.25) is 0 Å². The molecule has 0 amide bonds. The number of aromatic nitrogens is 3. The summed E-state index contributed by atoms with van der Waals surface area (Å²) in [6.45, 7) is 3.29. The second kappa shape index (κ2) is 10.1. The Kier molecular flexibility index (Phi) is 8.14. The SMILES string of the molecule is Cc1nnc(CN=C(NCc2cccs2)NC2CCCCC2)n1C.I. The van der Waals surface area contributed by atoms with E-state index in [1.165, 1.54) is 37.0 Å². The summed E-state index contributed by atoms with van der Waals surface area (Å²) in [5.74, 6) is 2.66. The van der Waals surface area contributed by atoms with E-state index >= 15 is 0 Å². The van der Waals surface area contributed by atoms with E-state index in [2.05, 4.69) is 38.3 Å². The highest BCUT2D eigenvalue weighted by molar-refractivity contribution is 14.0. The fraction of sp³-hybridized carbons (Fsp3) is 0.588. The third kappa shape index (κ3) is 5.95. The van der Waals surface area contributed by atoms with Gasteiger partial charge in [0.15, 0.2) is 11.8 Å². The summed E-state index contributed by atoms with van der Waals surface area (Å²) < 4.78 is 1.99. The maximum atomic E-state index is 4.74. The number of hydrogen-bond donors (Lipinski definition) is 2. The molecule has 3 rings (SSSR count). The molecular weight excluding hydrogens is 447 g/mol. The van der Waals surface area contributed by atoms with Crippen molar-refractivity contribution in [1.82, 2.24) is 25.4 Å². The summed E-state index contributed by atoms with van der Waals surface area (Å²) in [6, 6.07) is 4.74. The van der Waals surface area contributed by atoms with Crippen molar-refractivity contribution < 1.29 is 0 Å². The molecule has 0 radical (unpaired) electrons. The minimum atomic E-state index is 0. The number of nitrogens with zero attached hydrogens (tertiary/aromatic N) is 4. The van der Waals surface area contributed by atoms with E-state index in [0.717, 1.165) is 24.2 Å². The zero-order chi connectivity index (χ0) is 16.8. The number of aryl methyl sites for hydroxylation is 1. The zero-order valence-electron chi connectivity index (χ0n) is 14.9. The summed E-state index contributed by atoms with van der Waals surface area (Å²) in [7, 11) is 1.98. The van der Waals surface area contributed by atoms with Crippen molar-refractivity contribution in [3.8, 4) is 0 Å². The van der Waals surface area contributed by atoms with Crippen LogP contribution in [0.3, 0.4) is 0 Å². The molecule has 1 aliphatic rings. The van der Waals surface area contributed by atoms with E-state index in [0.29, 0.717) is 12.6 Å². The predicted molar refractivity (Wildman–Crippen MR) is 113 cm³/mol. The first kappa shape index (κ1) is 20.2. The summed E-state index contributed by atoms with van der Waals surface area (Å²) in [6.07, 6.45) is 6.41. The van der Waals surface area contributed by atoms with Crippen molar-refractivity contribution in [2.45, 2.75) is 58.2 Å². The molecule has 138 valence electrons. The van der Waals surface area contributed by atoms with Gasteiger partial charge in [-0.15, -0.1) is 45.5 Å².